The summed E-state index contributed by atoms with van der Waals surface area (Å²) in [6.07, 6.45) is 1.01. The fourth-order valence-electron chi connectivity index (χ4n) is 4.20. The minimum Gasteiger partial charge on any atom is -0.392 e. The lowest BCUT2D eigenvalue weighted by Gasteiger charge is -2.46. The van der Waals surface area contributed by atoms with E-state index in [0.717, 1.165) is 6.42 Å². The zero-order chi connectivity index (χ0) is 18.4. The van der Waals surface area contributed by atoms with Crippen molar-refractivity contribution >= 4 is 17.6 Å². The zero-order valence-electron chi connectivity index (χ0n) is 14.9. The van der Waals surface area contributed by atoms with Crippen LogP contribution >= 0.6 is 0 Å². The molecule has 7 nitrogen and oxygen atoms in total. The highest BCUT2D eigenvalue weighted by Crippen LogP contribution is 2.38. The number of aromatic nitrogens is 1. The van der Waals surface area contributed by atoms with Crippen molar-refractivity contribution in [3.05, 3.63) is 22.5 Å². The number of amides is 2. The highest BCUT2D eigenvalue weighted by atomic mass is 16.3. The van der Waals surface area contributed by atoms with Gasteiger partial charge in [-0.3, -0.25) is 14.4 Å². The number of Topliss-reactive ketones (excluding diaryl/α,β-unsaturated/α-hetero) is 1. The van der Waals surface area contributed by atoms with Crippen molar-refractivity contribution in [1.29, 1.82) is 0 Å². The Kier molecular flexibility index (Phi) is 4.45. The van der Waals surface area contributed by atoms with Gasteiger partial charge in [-0.2, -0.15) is 0 Å². The van der Waals surface area contributed by atoms with Gasteiger partial charge in [0.15, 0.2) is 5.78 Å². The number of aromatic amines is 1. The third-order valence-electron chi connectivity index (χ3n) is 5.61. The van der Waals surface area contributed by atoms with Crippen LogP contribution in [0, 0.1) is 19.3 Å². The molecule has 1 aromatic heterocycles. The number of hydrogen-bond acceptors (Lipinski definition) is 4. The van der Waals surface area contributed by atoms with E-state index < -0.39 is 11.5 Å². The van der Waals surface area contributed by atoms with Crippen molar-refractivity contribution in [2.24, 2.45) is 5.41 Å². The molecule has 3 heterocycles. The van der Waals surface area contributed by atoms with Gasteiger partial charge in [0.2, 0.25) is 5.91 Å². The molecule has 3 rings (SSSR count). The van der Waals surface area contributed by atoms with E-state index in [1.54, 1.807) is 18.7 Å². The van der Waals surface area contributed by atoms with Crippen LogP contribution in [0.25, 0.3) is 0 Å². The highest BCUT2D eigenvalue weighted by molar-refractivity contribution is 6.02. The molecule has 0 bridgehead atoms. The first-order valence-corrected chi connectivity index (χ1v) is 8.73. The van der Waals surface area contributed by atoms with Gasteiger partial charge in [0.1, 0.15) is 0 Å². The molecule has 2 fully saturated rings. The Morgan fingerprint density at radius 1 is 1.32 bits per heavy atom. The maximum Gasteiger partial charge on any atom is 0.255 e. The Bertz CT molecular complexity index is 739. The van der Waals surface area contributed by atoms with Gasteiger partial charge in [-0.25, -0.2) is 0 Å². The van der Waals surface area contributed by atoms with Crippen LogP contribution in [0.3, 0.4) is 0 Å². The Labute approximate surface area is 146 Å². The number of hydrogen-bond donors (Lipinski definition) is 3. The number of ketones is 1. The molecule has 0 saturated carbocycles. The van der Waals surface area contributed by atoms with Crippen LogP contribution in [0.2, 0.25) is 0 Å². The summed E-state index contributed by atoms with van der Waals surface area (Å²) in [7, 11) is 0. The highest BCUT2D eigenvalue weighted by Gasteiger charge is 2.50. The summed E-state index contributed by atoms with van der Waals surface area (Å²) in [4.78, 5) is 41.9. The summed E-state index contributed by atoms with van der Waals surface area (Å²) in [6, 6.07) is 0. The third-order valence-corrected chi connectivity index (χ3v) is 5.61. The molecule has 2 amide bonds. The monoisotopic (exact) mass is 347 g/mol. The van der Waals surface area contributed by atoms with Crippen molar-refractivity contribution in [3.8, 4) is 0 Å². The number of H-pyrrole nitrogens is 1. The quantitative estimate of drug-likeness (QED) is 0.693. The Morgan fingerprint density at radius 3 is 2.64 bits per heavy atom. The average molecular weight is 347 g/mol. The number of aliphatic hydroxyl groups excluding tert-OH is 1. The predicted molar refractivity (Wildman–Crippen MR) is 91.5 cm³/mol. The topological polar surface area (TPSA) is 102 Å². The molecular formula is C18H25N3O4. The first-order valence-electron chi connectivity index (χ1n) is 8.73. The summed E-state index contributed by atoms with van der Waals surface area (Å²) in [5.41, 5.74) is 1.31. The molecule has 0 aromatic carbocycles. The van der Waals surface area contributed by atoms with Crippen molar-refractivity contribution in [1.82, 2.24) is 15.2 Å². The van der Waals surface area contributed by atoms with Crippen molar-refractivity contribution in [2.45, 2.75) is 46.1 Å². The first-order chi connectivity index (χ1) is 11.8. The summed E-state index contributed by atoms with van der Waals surface area (Å²) in [5, 5.41) is 13.3. The van der Waals surface area contributed by atoms with E-state index in [1.165, 1.54) is 6.92 Å². The second-order valence-corrected chi connectivity index (χ2v) is 7.23. The van der Waals surface area contributed by atoms with Gasteiger partial charge in [-0.05, 0) is 38.7 Å². The fourth-order valence-corrected chi connectivity index (χ4v) is 4.20. The molecule has 2 aliphatic rings. The van der Waals surface area contributed by atoms with E-state index in [9.17, 15) is 19.5 Å². The lowest BCUT2D eigenvalue weighted by atomic mass is 9.71. The minimum absolute atomic E-state index is 0.114. The molecule has 7 heteroatoms. The van der Waals surface area contributed by atoms with Crippen LogP contribution in [0.1, 0.15) is 58.3 Å². The molecule has 25 heavy (non-hydrogen) atoms. The first kappa shape index (κ1) is 17.7. The second-order valence-electron chi connectivity index (χ2n) is 7.23. The molecule has 2 aliphatic heterocycles. The molecule has 136 valence electrons. The number of aryl methyl sites for hydroxylation is 1. The van der Waals surface area contributed by atoms with Gasteiger partial charge < -0.3 is 20.3 Å². The molecule has 1 aromatic rings. The average Bonchev–Trinajstić information content (AvgIpc) is 2.87. The number of piperidine rings is 2. The smallest absolute Gasteiger partial charge is 0.255 e. The largest absolute Gasteiger partial charge is 0.392 e. The fraction of sp³-hybridized carbons (Fsp3) is 0.611. The number of nitrogens with zero attached hydrogens (tertiary/aromatic N) is 1. The number of carbonyl (C=O) groups is 3. The summed E-state index contributed by atoms with van der Waals surface area (Å²) in [5.74, 6) is -0.476. The molecule has 2 saturated heterocycles. The van der Waals surface area contributed by atoms with Gasteiger partial charge in [0, 0.05) is 32.3 Å². The van der Waals surface area contributed by atoms with Gasteiger partial charge >= 0.3 is 0 Å². The van der Waals surface area contributed by atoms with Gasteiger partial charge in [-0.15, -0.1) is 0 Å². The van der Waals surface area contributed by atoms with Crippen molar-refractivity contribution in [2.75, 3.05) is 19.6 Å². The zero-order valence-corrected chi connectivity index (χ0v) is 14.9. The molecule has 0 aliphatic carbocycles. The summed E-state index contributed by atoms with van der Waals surface area (Å²) in [6.45, 7) is 6.21. The van der Waals surface area contributed by atoms with E-state index in [-0.39, 0.29) is 24.1 Å². The van der Waals surface area contributed by atoms with E-state index in [1.807, 2.05) is 0 Å². The number of rotatable bonds is 2. The lowest BCUT2D eigenvalue weighted by molar-refractivity contribution is -0.147. The molecule has 0 unspecified atom stereocenters. The van der Waals surface area contributed by atoms with Crippen molar-refractivity contribution < 1.29 is 19.5 Å². The number of likely N-dealkylation sites (tertiary alicyclic amines) is 1. The molecule has 1 spiro atoms. The third kappa shape index (κ3) is 2.76. The number of carbonyl (C=O) groups excluding carboxylic acids is 3. The van der Waals surface area contributed by atoms with E-state index in [4.69, 9.17) is 0 Å². The summed E-state index contributed by atoms with van der Waals surface area (Å²) < 4.78 is 0. The molecule has 3 N–H and O–H groups in total. The van der Waals surface area contributed by atoms with Crippen molar-refractivity contribution in [3.63, 3.8) is 0 Å². The predicted octanol–water partition coefficient (Wildman–Crippen LogP) is 0.937. The maximum absolute atomic E-state index is 13.1. The van der Waals surface area contributed by atoms with Crippen LogP contribution in [-0.4, -0.2) is 58.3 Å². The molecule has 2 atom stereocenters. The van der Waals surface area contributed by atoms with E-state index >= 15 is 0 Å². The van der Waals surface area contributed by atoms with Gasteiger partial charge in [0.05, 0.1) is 22.8 Å². The Hall–Kier alpha value is -2.15. The van der Waals surface area contributed by atoms with Crippen LogP contribution in [0.5, 0.6) is 0 Å². The minimum atomic E-state index is -0.923. The maximum atomic E-state index is 13.1. The summed E-state index contributed by atoms with van der Waals surface area (Å²) >= 11 is 0. The van der Waals surface area contributed by atoms with E-state index in [0.29, 0.717) is 48.4 Å². The molecule has 0 radical (unpaired) electrons. The van der Waals surface area contributed by atoms with Gasteiger partial charge in [0.25, 0.3) is 5.91 Å². The second kappa shape index (κ2) is 6.29. The standard InChI is InChI=1S/C18H25N3O4/c1-10-14(11(2)20-15(10)12(3)22)16(24)21-8-5-13(23)18(9-21)6-4-7-19-17(18)25/h13,20,23H,4-9H2,1-3H3,(H,19,25)/t13-,18+/m0/s1. The lowest BCUT2D eigenvalue weighted by Crippen LogP contribution is -2.62. The van der Waals surface area contributed by atoms with Crippen LogP contribution in [0.15, 0.2) is 0 Å². The SMILES string of the molecule is CC(=O)c1[nH]c(C)c(C(=O)N2CC[C@H](O)[C@@]3(CCCNC3=O)C2)c1C. The Morgan fingerprint density at radius 2 is 2.04 bits per heavy atom. The van der Waals surface area contributed by atoms with Crippen LogP contribution in [-0.2, 0) is 4.79 Å². The van der Waals surface area contributed by atoms with Crippen LogP contribution in [0.4, 0.5) is 0 Å². The number of nitrogens with one attached hydrogen (secondary N) is 2. The van der Waals surface area contributed by atoms with Gasteiger partial charge in [-0.1, -0.05) is 0 Å². The Balaban J connectivity index is 1.91. The van der Waals surface area contributed by atoms with E-state index in [2.05, 4.69) is 10.3 Å². The molecular weight excluding hydrogens is 322 g/mol. The normalized spacial score (nSPS) is 26.6. The number of aliphatic hydroxyl groups is 1. The van der Waals surface area contributed by atoms with Crippen LogP contribution < -0.4 is 5.32 Å².